The number of aryl methyl sites for hydroxylation is 1. The van der Waals surface area contributed by atoms with Crippen molar-refractivity contribution in [3.63, 3.8) is 0 Å². The summed E-state index contributed by atoms with van der Waals surface area (Å²) in [5.41, 5.74) is 4.44. The topological polar surface area (TPSA) is 47.3 Å². The first-order valence-electron chi connectivity index (χ1n) is 8.35. The van der Waals surface area contributed by atoms with E-state index < -0.39 is 0 Å². The highest BCUT2D eigenvalue weighted by Crippen LogP contribution is 2.33. The smallest absolute Gasteiger partial charge is 0.118 e. The number of benzene rings is 1. The summed E-state index contributed by atoms with van der Waals surface area (Å²) in [6.45, 7) is 2.31. The van der Waals surface area contributed by atoms with Gasteiger partial charge in [-0.3, -0.25) is 11.3 Å². The van der Waals surface area contributed by atoms with E-state index in [4.69, 9.17) is 10.6 Å². The molecule has 1 aliphatic rings. The molecule has 21 heavy (non-hydrogen) atoms. The lowest BCUT2D eigenvalue weighted by molar-refractivity contribution is 0.202. The lowest BCUT2D eigenvalue weighted by Gasteiger charge is -2.34. The summed E-state index contributed by atoms with van der Waals surface area (Å²) in [7, 11) is 1.70. The molecular formula is C18H30N2O. The largest absolute Gasteiger partial charge is 0.497 e. The summed E-state index contributed by atoms with van der Waals surface area (Å²) in [5, 5.41) is 0. The van der Waals surface area contributed by atoms with Crippen molar-refractivity contribution in [2.45, 2.75) is 57.9 Å². The van der Waals surface area contributed by atoms with Crippen molar-refractivity contribution in [2.24, 2.45) is 17.7 Å². The van der Waals surface area contributed by atoms with Gasteiger partial charge in [0.1, 0.15) is 5.75 Å². The maximum Gasteiger partial charge on any atom is 0.118 e. The Kier molecular flexibility index (Phi) is 6.52. The Bertz CT molecular complexity index is 404. The number of methoxy groups -OCH3 is 1. The normalized spacial score (nSPS) is 23.8. The third-order valence-electron chi connectivity index (χ3n) is 5.09. The first-order chi connectivity index (χ1) is 10.3. The second-order valence-electron chi connectivity index (χ2n) is 6.36. The molecule has 0 saturated heterocycles. The van der Waals surface area contributed by atoms with E-state index in [1.54, 1.807) is 7.11 Å². The predicted molar refractivity (Wildman–Crippen MR) is 88.2 cm³/mol. The number of ether oxygens (including phenoxy) is 1. The molecule has 0 aromatic heterocycles. The number of nitrogens with one attached hydrogen (secondary N) is 1. The minimum absolute atomic E-state index is 0.446. The minimum Gasteiger partial charge on any atom is -0.497 e. The van der Waals surface area contributed by atoms with Crippen LogP contribution < -0.4 is 16.0 Å². The average Bonchev–Trinajstić information content (AvgIpc) is 2.56. The molecule has 3 atom stereocenters. The average molecular weight is 290 g/mol. The summed E-state index contributed by atoms with van der Waals surface area (Å²) < 4.78 is 5.20. The van der Waals surface area contributed by atoms with E-state index >= 15 is 0 Å². The van der Waals surface area contributed by atoms with Crippen molar-refractivity contribution in [3.8, 4) is 5.75 Å². The molecule has 3 heteroatoms. The molecule has 1 fully saturated rings. The van der Waals surface area contributed by atoms with Gasteiger partial charge in [0, 0.05) is 6.04 Å². The number of hydrogen-bond donors (Lipinski definition) is 2. The molecule has 1 aromatic carbocycles. The van der Waals surface area contributed by atoms with Gasteiger partial charge < -0.3 is 4.74 Å². The van der Waals surface area contributed by atoms with Crippen LogP contribution in [0, 0.1) is 11.8 Å². The molecule has 0 radical (unpaired) electrons. The zero-order chi connectivity index (χ0) is 15.1. The van der Waals surface area contributed by atoms with Gasteiger partial charge in [-0.2, -0.15) is 0 Å². The van der Waals surface area contributed by atoms with E-state index in [2.05, 4.69) is 24.5 Å². The van der Waals surface area contributed by atoms with Crippen molar-refractivity contribution in [1.82, 2.24) is 5.43 Å². The van der Waals surface area contributed by atoms with Crippen LogP contribution in [0.2, 0.25) is 0 Å². The van der Waals surface area contributed by atoms with Crippen molar-refractivity contribution in [2.75, 3.05) is 7.11 Å². The van der Waals surface area contributed by atoms with Gasteiger partial charge in [-0.1, -0.05) is 38.3 Å². The standard InChI is InChI=1S/C18H30N2O/c1-3-14-5-4-6-16(13-14)18(20-19)12-9-15-7-10-17(21-2)11-8-15/h7-8,10-11,14,16,18,20H,3-6,9,12-13,19H2,1-2H3. The number of nitrogens with two attached hydrogens (primary N) is 1. The molecule has 3 unspecified atom stereocenters. The summed E-state index contributed by atoms with van der Waals surface area (Å²) in [5.74, 6) is 8.40. The fourth-order valence-electron chi connectivity index (χ4n) is 3.64. The highest BCUT2D eigenvalue weighted by molar-refractivity contribution is 5.27. The number of hydrogen-bond acceptors (Lipinski definition) is 3. The first-order valence-corrected chi connectivity index (χ1v) is 8.35. The van der Waals surface area contributed by atoms with Gasteiger partial charge in [0.15, 0.2) is 0 Å². The van der Waals surface area contributed by atoms with Gasteiger partial charge in [0.05, 0.1) is 7.11 Å². The van der Waals surface area contributed by atoms with Crippen LogP contribution in [0.25, 0.3) is 0 Å². The van der Waals surface area contributed by atoms with Gasteiger partial charge in [-0.15, -0.1) is 0 Å². The Morgan fingerprint density at radius 3 is 2.67 bits per heavy atom. The summed E-state index contributed by atoms with van der Waals surface area (Å²) in [6, 6.07) is 8.83. The predicted octanol–water partition coefficient (Wildman–Crippen LogP) is 3.68. The Labute approximate surface area is 129 Å². The maximum atomic E-state index is 5.83. The van der Waals surface area contributed by atoms with Crippen LogP contribution in [0.3, 0.4) is 0 Å². The van der Waals surface area contributed by atoms with Crippen LogP contribution >= 0.6 is 0 Å². The maximum absolute atomic E-state index is 5.83. The van der Waals surface area contributed by atoms with Gasteiger partial charge in [-0.25, -0.2) is 0 Å². The molecule has 0 amide bonds. The lowest BCUT2D eigenvalue weighted by Crippen LogP contribution is -2.42. The van der Waals surface area contributed by atoms with E-state index in [1.807, 2.05) is 12.1 Å². The van der Waals surface area contributed by atoms with E-state index in [0.717, 1.165) is 30.4 Å². The van der Waals surface area contributed by atoms with E-state index in [0.29, 0.717) is 6.04 Å². The summed E-state index contributed by atoms with van der Waals surface area (Å²) >= 11 is 0. The Morgan fingerprint density at radius 2 is 2.05 bits per heavy atom. The molecule has 3 N–H and O–H groups in total. The molecule has 0 bridgehead atoms. The van der Waals surface area contributed by atoms with Gasteiger partial charge in [-0.05, 0) is 55.2 Å². The molecular weight excluding hydrogens is 260 g/mol. The fraction of sp³-hybridized carbons (Fsp3) is 0.667. The van der Waals surface area contributed by atoms with Crippen LogP contribution in [0.15, 0.2) is 24.3 Å². The van der Waals surface area contributed by atoms with Crippen LogP contribution in [0.5, 0.6) is 5.75 Å². The minimum atomic E-state index is 0.446. The summed E-state index contributed by atoms with van der Waals surface area (Å²) in [6.07, 6.45) is 8.94. The number of hydrazine groups is 1. The molecule has 3 nitrogen and oxygen atoms in total. The molecule has 0 aliphatic heterocycles. The molecule has 118 valence electrons. The molecule has 1 aliphatic carbocycles. The van der Waals surface area contributed by atoms with E-state index in [1.165, 1.54) is 37.7 Å². The highest BCUT2D eigenvalue weighted by Gasteiger charge is 2.26. The molecule has 1 aromatic rings. The Balaban J connectivity index is 1.86. The lowest BCUT2D eigenvalue weighted by atomic mass is 9.76. The van der Waals surface area contributed by atoms with E-state index in [-0.39, 0.29) is 0 Å². The van der Waals surface area contributed by atoms with Crippen molar-refractivity contribution in [1.29, 1.82) is 0 Å². The Morgan fingerprint density at radius 1 is 1.29 bits per heavy atom. The Hall–Kier alpha value is -1.06. The van der Waals surface area contributed by atoms with Gasteiger partial charge in [0.25, 0.3) is 0 Å². The highest BCUT2D eigenvalue weighted by atomic mass is 16.5. The summed E-state index contributed by atoms with van der Waals surface area (Å²) in [4.78, 5) is 0. The van der Waals surface area contributed by atoms with Crippen LogP contribution in [0.1, 0.15) is 51.0 Å². The van der Waals surface area contributed by atoms with Crippen molar-refractivity contribution in [3.05, 3.63) is 29.8 Å². The zero-order valence-corrected chi connectivity index (χ0v) is 13.5. The SMILES string of the molecule is CCC1CCCC(C(CCc2ccc(OC)cc2)NN)C1. The van der Waals surface area contributed by atoms with Crippen LogP contribution in [0.4, 0.5) is 0 Å². The van der Waals surface area contributed by atoms with E-state index in [9.17, 15) is 0 Å². The second kappa shape index (κ2) is 8.40. The third-order valence-corrected chi connectivity index (χ3v) is 5.09. The van der Waals surface area contributed by atoms with Crippen LogP contribution in [-0.2, 0) is 6.42 Å². The molecule has 1 saturated carbocycles. The first kappa shape index (κ1) is 16.3. The fourth-order valence-corrected chi connectivity index (χ4v) is 3.64. The third kappa shape index (κ3) is 4.72. The second-order valence-corrected chi connectivity index (χ2v) is 6.36. The monoisotopic (exact) mass is 290 g/mol. The quantitative estimate of drug-likeness (QED) is 0.595. The molecule has 2 rings (SSSR count). The zero-order valence-electron chi connectivity index (χ0n) is 13.5. The molecule has 0 heterocycles. The molecule has 0 spiro atoms. The number of rotatable bonds is 7. The van der Waals surface area contributed by atoms with Crippen molar-refractivity contribution >= 4 is 0 Å². The van der Waals surface area contributed by atoms with Gasteiger partial charge >= 0.3 is 0 Å². The van der Waals surface area contributed by atoms with Crippen LogP contribution in [-0.4, -0.2) is 13.2 Å². The van der Waals surface area contributed by atoms with Gasteiger partial charge in [0.2, 0.25) is 0 Å². The van der Waals surface area contributed by atoms with Crippen molar-refractivity contribution < 1.29 is 4.74 Å².